The van der Waals surface area contributed by atoms with E-state index in [0.29, 0.717) is 23.9 Å². The summed E-state index contributed by atoms with van der Waals surface area (Å²) in [4.78, 5) is 16.9. The van der Waals surface area contributed by atoms with Gasteiger partial charge < -0.3 is 14.6 Å². The Kier molecular flexibility index (Phi) is 4.68. The number of rotatable bonds is 4. The molecule has 8 heteroatoms. The van der Waals surface area contributed by atoms with Gasteiger partial charge in [0.25, 0.3) is 0 Å². The van der Waals surface area contributed by atoms with Crippen molar-refractivity contribution in [3.8, 4) is 0 Å². The first-order valence-electron chi connectivity index (χ1n) is 7.61. The number of nitrogens with one attached hydrogen (secondary N) is 1. The minimum Gasteiger partial charge on any atom is -0.369 e. The number of halogens is 1. The zero-order valence-corrected chi connectivity index (χ0v) is 14.0. The molecule has 0 bridgehead atoms. The van der Waals surface area contributed by atoms with Crippen LogP contribution in [-0.4, -0.2) is 31.8 Å². The number of carbonyl (C=O) groups excluding carboxylic acids is 1. The zero-order chi connectivity index (χ0) is 16.4. The fourth-order valence-corrected chi connectivity index (χ4v) is 3.13. The van der Waals surface area contributed by atoms with Gasteiger partial charge in [-0.2, -0.15) is 5.10 Å². The van der Waals surface area contributed by atoms with Gasteiger partial charge in [0.2, 0.25) is 5.91 Å². The number of aromatic nitrogens is 4. The van der Waals surface area contributed by atoms with Gasteiger partial charge in [-0.1, -0.05) is 11.6 Å². The first-order chi connectivity index (χ1) is 11.1. The number of imidazole rings is 1. The van der Waals surface area contributed by atoms with Crippen molar-refractivity contribution >= 4 is 17.5 Å². The largest absolute Gasteiger partial charge is 0.369 e. The van der Waals surface area contributed by atoms with Gasteiger partial charge in [0.15, 0.2) is 0 Å². The van der Waals surface area contributed by atoms with Crippen LogP contribution in [0, 0.1) is 5.92 Å². The summed E-state index contributed by atoms with van der Waals surface area (Å²) in [6.45, 7) is 0.954. The maximum absolute atomic E-state index is 12.6. The number of carbonyl (C=O) groups is 1. The summed E-state index contributed by atoms with van der Waals surface area (Å²) in [7, 11) is 3.70. The zero-order valence-electron chi connectivity index (χ0n) is 13.2. The predicted molar refractivity (Wildman–Crippen MR) is 84.7 cm³/mol. The Morgan fingerprint density at radius 1 is 1.52 bits per heavy atom. The molecule has 0 radical (unpaired) electrons. The number of hydrogen-bond acceptors (Lipinski definition) is 4. The van der Waals surface area contributed by atoms with Crippen molar-refractivity contribution in [2.45, 2.75) is 25.5 Å². The van der Waals surface area contributed by atoms with Gasteiger partial charge in [-0.05, 0) is 12.8 Å². The highest BCUT2D eigenvalue weighted by molar-refractivity contribution is 6.31. The minimum atomic E-state index is -0.317. The molecule has 0 aliphatic carbocycles. The van der Waals surface area contributed by atoms with Gasteiger partial charge in [0, 0.05) is 39.3 Å². The highest BCUT2D eigenvalue weighted by atomic mass is 35.5. The van der Waals surface area contributed by atoms with Crippen molar-refractivity contribution in [2.24, 2.45) is 20.0 Å². The fourth-order valence-electron chi connectivity index (χ4n) is 2.88. The molecule has 23 heavy (non-hydrogen) atoms. The lowest BCUT2D eigenvalue weighted by Gasteiger charge is -2.30. The lowest BCUT2D eigenvalue weighted by molar-refractivity contribution is -0.135. The molecule has 7 nitrogen and oxygen atoms in total. The Bertz CT molecular complexity index is 696. The van der Waals surface area contributed by atoms with E-state index in [1.54, 1.807) is 24.1 Å². The molecule has 3 heterocycles. The Hall–Kier alpha value is -1.86. The van der Waals surface area contributed by atoms with E-state index in [4.69, 9.17) is 16.3 Å². The lowest BCUT2D eigenvalue weighted by atomic mass is 9.92. The van der Waals surface area contributed by atoms with Crippen LogP contribution in [0.25, 0.3) is 0 Å². The second kappa shape index (κ2) is 6.72. The van der Waals surface area contributed by atoms with Gasteiger partial charge in [-0.15, -0.1) is 0 Å². The molecule has 1 fully saturated rings. The third kappa shape index (κ3) is 3.40. The molecule has 0 aromatic carbocycles. The van der Waals surface area contributed by atoms with Crippen molar-refractivity contribution in [1.82, 2.24) is 24.6 Å². The van der Waals surface area contributed by atoms with Crippen molar-refractivity contribution in [2.75, 3.05) is 6.61 Å². The summed E-state index contributed by atoms with van der Waals surface area (Å²) >= 11 is 6.07. The van der Waals surface area contributed by atoms with E-state index >= 15 is 0 Å². The Morgan fingerprint density at radius 3 is 3.00 bits per heavy atom. The van der Waals surface area contributed by atoms with E-state index in [1.165, 1.54) is 0 Å². The molecule has 2 aromatic heterocycles. The SMILES string of the molecule is Cn1cc(Cl)c(CNC(=O)[C@@H]2CCCO[C@H]2c2nccn2C)n1. The summed E-state index contributed by atoms with van der Waals surface area (Å²) in [5, 5.41) is 7.70. The standard InChI is InChI=1S/C15H20ClN5O2/c1-20-6-5-17-14(20)13-10(4-3-7-23-13)15(22)18-8-12-11(16)9-21(2)19-12/h5-6,9-10,13H,3-4,7-8H2,1-2H3,(H,18,22)/t10-,13-/m1/s1. The minimum absolute atomic E-state index is 0.0561. The van der Waals surface area contributed by atoms with Gasteiger partial charge in [-0.25, -0.2) is 4.98 Å². The number of nitrogens with zero attached hydrogens (tertiary/aromatic N) is 4. The van der Waals surface area contributed by atoms with Gasteiger partial charge >= 0.3 is 0 Å². The molecule has 1 N–H and O–H groups in total. The first kappa shape index (κ1) is 16.0. The Labute approximate surface area is 139 Å². The van der Waals surface area contributed by atoms with Crippen molar-refractivity contribution in [3.63, 3.8) is 0 Å². The van der Waals surface area contributed by atoms with Crippen molar-refractivity contribution < 1.29 is 9.53 Å². The molecule has 3 rings (SSSR count). The Balaban J connectivity index is 1.69. The van der Waals surface area contributed by atoms with Crippen LogP contribution in [0.4, 0.5) is 0 Å². The molecular formula is C15H20ClN5O2. The molecule has 2 aromatic rings. The van der Waals surface area contributed by atoms with Crippen molar-refractivity contribution in [1.29, 1.82) is 0 Å². The number of aryl methyl sites for hydroxylation is 2. The number of amides is 1. The first-order valence-corrected chi connectivity index (χ1v) is 7.98. The monoisotopic (exact) mass is 337 g/mol. The number of hydrogen-bond donors (Lipinski definition) is 1. The second-order valence-corrected chi connectivity index (χ2v) is 6.16. The highest BCUT2D eigenvalue weighted by Crippen LogP contribution is 2.32. The highest BCUT2D eigenvalue weighted by Gasteiger charge is 2.35. The Morgan fingerprint density at radius 2 is 2.35 bits per heavy atom. The molecule has 2 atom stereocenters. The summed E-state index contributed by atoms with van der Waals surface area (Å²) in [5.41, 5.74) is 0.660. The van der Waals surface area contributed by atoms with E-state index in [-0.39, 0.29) is 17.9 Å². The smallest absolute Gasteiger partial charge is 0.226 e. The molecule has 1 aliphatic rings. The van der Waals surface area contributed by atoms with Crippen LogP contribution in [0.1, 0.15) is 30.5 Å². The normalized spacial score (nSPS) is 21.3. The molecule has 0 saturated carbocycles. The maximum atomic E-state index is 12.6. The van der Waals surface area contributed by atoms with E-state index in [0.717, 1.165) is 18.7 Å². The van der Waals surface area contributed by atoms with E-state index < -0.39 is 0 Å². The molecular weight excluding hydrogens is 318 g/mol. The average molecular weight is 338 g/mol. The third-order valence-electron chi connectivity index (χ3n) is 4.06. The van der Waals surface area contributed by atoms with Crippen LogP contribution < -0.4 is 5.32 Å². The molecule has 1 saturated heterocycles. The molecule has 124 valence electrons. The van der Waals surface area contributed by atoms with Gasteiger partial charge in [-0.3, -0.25) is 9.48 Å². The van der Waals surface area contributed by atoms with Crippen molar-refractivity contribution in [3.05, 3.63) is 35.1 Å². The van der Waals surface area contributed by atoms with Gasteiger partial charge in [0.05, 0.1) is 17.5 Å². The average Bonchev–Trinajstić information content (AvgIpc) is 3.10. The third-order valence-corrected chi connectivity index (χ3v) is 4.37. The maximum Gasteiger partial charge on any atom is 0.226 e. The van der Waals surface area contributed by atoms with Gasteiger partial charge in [0.1, 0.15) is 17.6 Å². The summed E-state index contributed by atoms with van der Waals surface area (Å²) in [6, 6.07) is 0. The predicted octanol–water partition coefficient (Wildman–Crippen LogP) is 1.59. The quantitative estimate of drug-likeness (QED) is 0.919. The molecule has 0 spiro atoms. The van der Waals surface area contributed by atoms with Crippen LogP contribution >= 0.6 is 11.6 Å². The van der Waals surface area contributed by atoms with E-state index in [9.17, 15) is 4.79 Å². The fraction of sp³-hybridized carbons (Fsp3) is 0.533. The molecule has 1 aliphatic heterocycles. The molecule has 1 amide bonds. The summed E-state index contributed by atoms with van der Waals surface area (Å²) < 4.78 is 9.35. The van der Waals surface area contributed by atoms with Crippen LogP contribution in [0.15, 0.2) is 18.6 Å². The van der Waals surface area contributed by atoms with E-state index in [2.05, 4.69) is 15.4 Å². The molecule has 0 unspecified atom stereocenters. The number of ether oxygens (including phenoxy) is 1. The summed E-state index contributed by atoms with van der Waals surface area (Å²) in [6.07, 6.45) is 6.61. The van der Waals surface area contributed by atoms with Crippen LogP contribution in [-0.2, 0) is 30.2 Å². The lowest BCUT2D eigenvalue weighted by Crippen LogP contribution is -2.38. The second-order valence-electron chi connectivity index (χ2n) is 5.75. The van der Waals surface area contributed by atoms with Crippen LogP contribution in [0.2, 0.25) is 5.02 Å². The van der Waals surface area contributed by atoms with E-state index in [1.807, 2.05) is 17.8 Å². The summed E-state index contributed by atoms with van der Waals surface area (Å²) in [5.74, 6) is 0.465. The van der Waals surface area contributed by atoms with Crippen LogP contribution in [0.5, 0.6) is 0 Å². The van der Waals surface area contributed by atoms with Crippen LogP contribution in [0.3, 0.4) is 0 Å². The topological polar surface area (TPSA) is 74.0 Å².